The summed E-state index contributed by atoms with van der Waals surface area (Å²) in [5.74, 6) is 0.132. The summed E-state index contributed by atoms with van der Waals surface area (Å²) >= 11 is 0. The maximum Gasteiger partial charge on any atom is 0.387 e. The van der Waals surface area contributed by atoms with Crippen LogP contribution < -0.4 is 9.47 Å². The van der Waals surface area contributed by atoms with Gasteiger partial charge < -0.3 is 14.7 Å². The first kappa shape index (κ1) is 12.2. The van der Waals surface area contributed by atoms with Crippen LogP contribution in [0.15, 0.2) is 23.4 Å². The van der Waals surface area contributed by atoms with Gasteiger partial charge in [0.05, 0.1) is 12.8 Å². The Hall–Kier alpha value is -1.85. The number of hydrogen-bond acceptors (Lipinski definition) is 4. The second kappa shape index (κ2) is 5.89. The summed E-state index contributed by atoms with van der Waals surface area (Å²) < 4.78 is 33.5. The molecule has 0 bridgehead atoms. The van der Waals surface area contributed by atoms with Gasteiger partial charge in [0.1, 0.15) is 0 Å². The van der Waals surface area contributed by atoms with E-state index in [0.717, 1.165) is 6.21 Å². The third-order valence-corrected chi connectivity index (χ3v) is 1.69. The van der Waals surface area contributed by atoms with E-state index in [1.165, 1.54) is 18.2 Å². The quantitative estimate of drug-likeness (QED) is 0.481. The van der Waals surface area contributed by atoms with E-state index in [1.807, 2.05) is 0 Å². The largest absolute Gasteiger partial charge is 0.490 e. The molecule has 1 aromatic carbocycles. The predicted octanol–water partition coefficient (Wildman–Crippen LogP) is 2.49. The molecule has 0 aliphatic heterocycles. The topological polar surface area (TPSA) is 51.0 Å². The number of alkyl halides is 2. The molecule has 1 rings (SSSR count). The van der Waals surface area contributed by atoms with Crippen LogP contribution in [-0.2, 0) is 0 Å². The van der Waals surface area contributed by atoms with Crippen molar-refractivity contribution in [1.29, 1.82) is 0 Å². The molecule has 0 aliphatic rings. The summed E-state index contributed by atoms with van der Waals surface area (Å²) in [7, 11) is 0. The maximum atomic E-state index is 12.0. The Labute approximate surface area is 91.1 Å². The van der Waals surface area contributed by atoms with Crippen LogP contribution in [0, 0.1) is 0 Å². The molecule has 16 heavy (non-hydrogen) atoms. The molecule has 1 N–H and O–H groups in total. The number of nitrogens with zero attached hydrogens (tertiary/aromatic N) is 1. The van der Waals surface area contributed by atoms with Crippen molar-refractivity contribution in [2.45, 2.75) is 13.5 Å². The van der Waals surface area contributed by atoms with E-state index in [9.17, 15) is 8.78 Å². The number of rotatable bonds is 5. The molecule has 4 nitrogen and oxygen atoms in total. The second-order valence-corrected chi connectivity index (χ2v) is 2.76. The predicted molar refractivity (Wildman–Crippen MR) is 53.6 cm³/mol. The summed E-state index contributed by atoms with van der Waals surface area (Å²) in [4.78, 5) is 0. The SMILES string of the molecule is CCOc1cc(C=NO)ccc1OC(F)F. The van der Waals surface area contributed by atoms with Crippen LogP contribution >= 0.6 is 0 Å². The minimum atomic E-state index is -2.91. The monoisotopic (exact) mass is 231 g/mol. The lowest BCUT2D eigenvalue weighted by Gasteiger charge is -2.11. The van der Waals surface area contributed by atoms with Gasteiger partial charge in [0.25, 0.3) is 0 Å². The molecule has 6 heteroatoms. The number of benzene rings is 1. The molecule has 88 valence electrons. The molecule has 0 saturated carbocycles. The number of ether oxygens (including phenoxy) is 2. The van der Waals surface area contributed by atoms with E-state index in [-0.39, 0.29) is 11.5 Å². The van der Waals surface area contributed by atoms with Crippen molar-refractivity contribution in [3.05, 3.63) is 23.8 Å². The second-order valence-electron chi connectivity index (χ2n) is 2.76. The molecule has 0 unspecified atom stereocenters. The Morgan fingerprint density at radius 2 is 2.19 bits per heavy atom. The van der Waals surface area contributed by atoms with Crippen LogP contribution in [-0.4, -0.2) is 24.6 Å². The molecule has 0 aliphatic carbocycles. The average molecular weight is 231 g/mol. The summed E-state index contributed by atoms with van der Waals surface area (Å²) in [6.45, 7) is -0.866. The highest BCUT2D eigenvalue weighted by atomic mass is 19.3. The van der Waals surface area contributed by atoms with E-state index in [4.69, 9.17) is 9.94 Å². The molecule has 0 heterocycles. The van der Waals surface area contributed by atoms with Crippen molar-refractivity contribution in [2.75, 3.05) is 6.61 Å². The first-order chi connectivity index (χ1) is 7.67. The van der Waals surface area contributed by atoms with Gasteiger partial charge in [-0.25, -0.2) is 0 Å². The van der Waals surface area contributed by atoms with Gasteiger partial charge in [-0.05, 0) is 25.1 Å². The lowest BCUT2D eigenvalue weighted by molar-refractivity contribution is -0.0514. The molecule has 0 fully saturated rings. The van der Waals surface area contributed by atoms with Crippen molar-refractivity contribution in [2.24, 2.45) is 5.16 Å². The van der Waals surface area contributed by atoms with Crippen LogP contribution in [0.5, 0.6) is 11.5 Å². The van der Waals surface area contributed by atoms with Crippen LogP contribution in [0.3, 0.4) is 0 Å². The smallest absolute Gasteiger partial charge is 0.387 e. The van der Waals surface area contributed by atoms with Gasteiger partial charge in [-0.2, -0.15) is 8.78 Å². The molecule has 0 spiro atoms. The Morgan fingerprint density at radius 3 is 2.75 bits per heavy atom. The van der Waals surface area contributed by atoms with Crippen molar-refractivity contribution < 1.29 is 23.5 Å². The molecule has 0 atom stereocenters. The average Bonchev–Trinajstić information content (AvgIpc) is 2.22. The lowest BCUT2D eigenvalue weighted by Crippen LogP contribution is -2.04. The van der Waals surface area contributed by atoms with E-state index in [0.29, 0.717) is 12.2 Å². The molecule has 0 saturated heterocycles. The first-order valence-electron chi connectivity index (χ1n) is 4.56. The zero-order valence-corrected chi connectivity index (χ0v) is 8.56. The molecule has 0 amide bonds. The molecular formula is C10H11F2NO3. The lowest BCUT2D eigenvalue weighted by atomic mass is 10.2. The Bertz CT molecular complexity index is 369. The van der Waals surface area contributed by atoms with Gasteiger partial charge in [-0.15, -0.1) is 0 Å². The summed E-state index contributed by atoms with van der Waals surface area (Å²) in [6, 6.07) is 4.25. The fraction of sp³-hybridized carbons (Fsp3) is 0.300. The molecular weight excluding hydrogens is 220 g/mol. The third-order valence-electron chi connectivity index (χ3n) is 1.69. The zero-order valence-electron chi connectivity index (χ0n) is 8.56. The molecule has 0 radical (unpaired) electrons. The number of hydrogen-bond donors (Lipinski definition) is 1. The number of halogens is 2. The minimum absolute atomic E-state index is 0.0491. The summed E-state index contributed by atoms with van der Waals surface area (Å²) in [5.41, 5.74) is 0.521. The van der Waals surface area contributed by atoms with Gasteiger partial charge in [-0.3, -0.25) is 0 Å². The normalized spacial score (nSPS) is 11.0. The van der Waals surface area contributed by atoms with E-state index in [2.05, 4.69) is 9.89 Å². The minimum Gasteiger partial charge on any atom is -0.490 e. The summed E-state index contributed by atoms with van der Waals surface area (Å²) in [6.07, 6.45) is 1.16. The van der Waals surface area contributed by atoms with Gasteiger partial charge in [0.2, 0.25) is 0 Å². The molecule has 0 aromatic heterocycles. The third kappa shape index (κ3) is 3.38. The van der Waals surface area contributed by atoms with Crippen molar-refractivity contribution >= 4 is 6.21 Å². The van der Waals surface area contributed by atoms with Gasteiger partial charge >= 0.3 is 6.61 Å². The van der Waals surface area contributed by atoms with Gasteiger partial charge in [-0.1, -0.05) is 5.16 Å². The van der Waals surface area contributed by atoms with Crippen LogP contribution in [0.2, 0.25) is 0 Å². The van der Waals surface area contributed by atoms with E-state index in [1.54, 1.807) is 6.92 Å². The molecule has 1 aromatic rings. The standard InChI is InChI=1S/C10H11F2NO3/c1-2-15-9-5-7(6-13-14)3-4-8(9)16-10(11)12/h3-6,10,14H,2H2,1H3. The van der Waals surface area contributed by atoms with Gasteiger partial charge in [0, 0.05) is 5.56 Å². The Balaban J connectivity index is 2.98. The van der Waals surface area contributed by atoms with Crippen molar-refractivity contribution in [1.82, 2.24) is 0 Å². The fourth-order valence-electron chi connectivity index (χ4n) is 1.13. The van der Waals surface area contributed by atoms with E-state index >= 15 is 0 Å². The van der Waals surface area contributed by atoms with Gasteiger partial charge in [0.15, 0.2) is 11.5 Å². The Kier molecular flexibility index (Phi) is 4.50. The zero-order chi connectivity index (χ0) is 12.0. The first-order valence-corrected chi connectivity index (χ1v) is 4.56. The fourth-order valence-corrected chi connectivity index (χ4v) is 1.13. The Morgan fingerprint density at radius 1 is 1.44 bits per heavy atom. The van der Waals surface area contributed by atoms with Crippen molar-refractivity contribution in [3.63, 3.8) is 0 Å². The van der Waals surface area contributed by atoms with Crippen LogP contribution in [0.4, 0.5) is 8.78 Å². The van der Waals surface area contributed by atoms with Crippen LogP contribution in [0.1, 0.15) is 12.5 Å². The highest BCUT2D eigenvalue weighted by Crippen LogP contribution is 2.29. The van der Waals surface area contributed by atoms with E-state index < -0.39 is 6.61 Å². The van der Waals surface area contributed by atoms with Crippen molar-refractivity contribution in [3.8, 4) is 11.5 Å². The highest BCUT2D eigenvalue weighted by Gasteiger charge is 2.10. The van der Waals surface area contributed by atoms with Crippen LogP contribution in [0.25, 0.3) is 0 Å². The number of oxime groups is 1. The summed E-state index contributed by atoms with van der Waals surface area (Å²) in [5, 5.41) is 11.2. The highest BCUT2D eigenvalue weighted by molar-refractivity contribution is 5.80. The maximum absolute atomic E-state index is 12.0.